The maximum atomic E-state index is 14.4. The van der Waals surface area contributed by atoms with Gasteiger partial charge in [0.05, 0.1) is 12.4 Å². The van der Waals surface area contributed by atoms with Crippen molar-refractivity contribution in [3.63, 3.8) is 0 Å². The van der Waals surface area contributed by atoms with Gasteiger partial charge in [0, 0.05) is 50.4 Å². The highest BCUT2D eigenvalue weighted by atomic mass is 16.2. The van der Waals surface area contributed by atoms with Crippen LogP contribution in [0.1, 0.15) is 116 Å². The van der Waals surface area contributed by atoms with Crippen molar-refractivity contribution < 1.29 is 14.4 Å². The highest BCUT2D eigenvalue weighted by Crippen LogP contribution is 2.67. The van der Waals surface area contributed by atoms with Crippen LogP contribution < -0.4 is 11.1 Å². The number of fused-ring (bicyclic) bond motifs is 5. The van der Waals surface area contributed by atoms with E-state index >= 15 is 0 Å². The first-order valence-corrected chi connectivity index (χ1v) is 21.7. The molecular formula is C43H74N8O3. The van der Waals surface area contributed by atoms with E-state index in [1.54, 1.807) is 17.4 Å². The zero-order valence-corrected chi connectivity index (χ0v) is 34.7. The van der Waals surface area contributed by atoms with Gasteiger partial charge in [0.1, 0.15) is 6.04 Å². The molecule has 0 radical (unpaired) electrons. The lowest BCUT2D eigenvalue weighted by molar-refractivity contribution is -0.144. The second-order valence-electron chi connectivity index (χ2n) is 19.3. The highest BCUT2D eigenvalue weighted by Gasteiger charge is 2.59. The number of carbonyl (C=O) groups is 3. The first-order chi connectivity index (χ1) is 25.8. The standard InChI is InChI=1S/C43H74N8O3/c1-42-19-8-7-11-30(42)12-15-34-35-16-13-31(43(35,2)20-18-36(34)42)14-17-39(52)47-33-26-38(51(28-33)40(53)37(44)25-32-27-45-29-46-32)41(54)50(23-9-21-48(3)4)24-10-22-49(5)6/h27,29-31,33-38H,7-26,28,44H2,1-6H3,(H,45,46)(H,47,52)/t30?,31?,33-,34?,35?,36?,37?,38-,42-,43+/m0/s1. The summed E-state index contributed by atoms with van der Waals surface area (Å²) < 4.78 is 0. The molecule has 5 aliphatic rings. The molecular weight excluding hydrogens is 677 g/mol. The number of hydrogen-bond donors (Lipinski definition) is 3. The smallest absolute Gasteiger partial charge is 0.245 e. The second-order valence-corrected chi connectivity index (χ2v) is 19.3. The van der Waals surface area contributed by atoms with E-state index < -0.39 is 12.1 Å². The number of H-pyrrole nitrogens is 1. The van der Waals surface area contributed by atoms with Crippen molar-refractivity contribution >= 4 is 17.7 Å². The molecule has 1 aromatic rings. The van der Waals surface area contributed by atoms with Crippen LogP contribution >= 0.6 is 0 Å². The first-order valence-electron chi connectivity index (χ1n) is 21.7. The number of nitrogens with one attached hydrogen (secondary N) is 2. The van der Waals surface area contributed by atoms with Crippen molar-refractivity contribution in [1.82, 2.24) is 34.9 Å². The summed E-state index contributed by atoms with van der Waals surface area (Å²) in [7, 11) is 8.17. The quantitative estimate of drug-likeness (QED) is 0.219. The number of imidazole rings is 1. The van der Waals surface area contributed by atoms with Crippen LogP contribution in [0.25, 0.3) is 0 Å². The third kappa shape index (κ3) is 9.04. The van der Waals surface area contributed by atoms with Crippen LogP contribution in [-0.2, 0) is 20.8 Å². The molecule has 0 spiro atoms. The Labute approximate surface area is 326 Å². The zero-order chi connectivity index (χ0) is 38.6. The first kappa shape index (κ1) is 41.1. The molecule has 10 atom stereocenters. The van der Waals surface area contributed by atoms with Crippen LogP contribution in [-0.4, -0.2) is 126 Å². The molecule has 11 heteroatoms. The van der Waals surface area contributed by atoms with Gasteiger partial charge < -0.3 is 35.6 Å². The van der Waals surface area contributed by atoms with E-state index in [1.165, 1.54) is 64.2 Å². The topological polar surface area (TPSA) is 131 Å². The molecule has 11 nitrogen and oxygen atoms in total. The van der Waals surface area contributed by atoms with Crippen molar-refractivity contribution in [3.8, 4) is 0 Å². The maximum Gasteiger partial charge on any atom is 0.245 e. The lowest BCUT2D eigenvalue weighted by Gasteiger charge is -2.60. The molecule has 304 valence electrons. The van der Waals surface area contributed by atoms with E-state index in [1.807, 2.05) is 33.1 Å². The normalized spacial score (nSPS) is 34.0. The predicted molar refractivity (Wildman–Crippen MR) is 214 cm³/mol. The fourth-order valence-electron chi connectivity index (χ4n) is 12.5. The Balaban J connectivity index is 1.09. The minimum atomic E-state index is -0.812. The third-order valence-electron chi connectivity index (χ3n) is 15.4. The van der Waals surface area contributed by atoms with Gasteiger partial charge in [0.2, 0.25) is 17.7 Å². The summed E-state index contributed by atoms with van der Waals surface area (Å²) in [5.74, 6) is 3.84. The van der Waals surface area contributed by atoms with E-state index in [2.05, 4.69) is 38.9 Å². The number of likely N-dealkylation sites (tertiary alicyclic amines) is 1. The van der Waals surface area contributed by atoms with Crippen molar-refractivity contribution in [1.29, 1.82) is 0 Å². The summed E-state index contributed by atoms with van der Waals surface area (Å²) in [5.41, 5.74) is 8.17. The number of amides is 3. The highest BCUT2D eigenvalue weighted by molar-refractivity contribution is 5.91. The molecule has 3 amide bonds. The molecule has 1 aliphatic heterocycles. The Kier molecular flexibility index (Phi) is 13.5. The molecule has 4 saturated carbocycles. The fraction of sp³-hybridized carbons (Fsp3) is 0.860. The summed E-state index contributed by atoms with van der Waals surface area (Å²) in [6.07, 6.45) is 21.0. The zero-order valence-electron chi connectivity index (χ0n) is 34.7. The van der Waals surface area contributed by atoms with Crippen LogP contribution in [0.3, 0.4) is 0 Å². The number of nitrogens with two attached hydrogens (primary N) is 1. The van der Waals surface area contributed by atoms with Crippen molar-refractivity contribution in [2.24, 2.45) is 46.2 Å². The van der Waals surface area contributed by atoms with E-state index in [9.17, 15) is 14.4 Å². The van der Waals surface area contributed by atoms with E-state index in [0.717, 1.165) is 61.7 Å². The van der Waals surface area contributed by atoms with Gasteiger partial charge in [-0.3, -0.25) is 14.4 Å². The van der Waals surface area contributed by atoms with Crippen molar-refractivity contribution in [3.05, 3.63) is 18.2 Å². The number of carbonyl (C=O) groups excluding carboxylic acids is 3. The molecule has 1 saturated heterocycles. The molecule has 4 aliphatic carbocycles. The summed E-state index contributed by atoms with van der Waals surface area (Å²) in [6, 6.07) is -1.75. The molecule has 1 aromatic heterocycles. The number of aromatic nitrogens is 2. The third-order valence-corrected chi connectivity index (χ3v) is 15.4. The van der Waals surface area contributed by atoms with Crippen molar-refractivity contribution in [2.75, 3.05) is 60.9 Å². The summed E-state index contributed by atoms with van der Waals surface area (Å²) in [6.45, 7) is 8.54. The summed E-state index contributed by atoms with van der Waals surface area (Å²) in [4.78, 5) is 57.1. The Bertz CT molecular complexity index is 1390. The van der Waals surface area contributed by atoms with Gasteiger partial charge in [0.15, 0.2) is 0 Å². The molecule has 6 unspecified atom stereocenters. The molecule has 6 rings (SSSR count). The molecule has 0 aromatic carbocycles. The van der Waals surface area contributed by atoms with E-state index in [4.69, 9.17) is 5.73 Å². The van der Waals surface area contributed by atoms with Crippen LogP contribution in [0.2, 0.25) is 0 Å². The Morgan fingerprint density at radius 2 is 1.65 bits per heavy atom. The van der Waals surface area contributed by atoms with Gasteiger partial charge in [-0.1, -0.05) is 26.7 Å². The number of hydrogen-bond acceptors (Lipinski definition) is 7. The average molecular weight is 751 g/mol. The van der Waals surface area contributed by atoms with Gasteiger partial charge in [-0.25, -0.2) is 4.98 Å². The lowest BCUT2D eigenvalue weighted by atomic mass is 9.45. The minimum absolute atomic E-state index is 0.0389. The van der Waals surface area contributed by atoms with Crippen LogP contribution in [0, 0.1) is 40.4 Å². The average Bonchev–Trinajstić information content (AvgIpc) is 3.88. The molecule has 5 fully saturated rings. The van der Waals surface area contributed by atoms with Crippen LogP contribution in [0.5, 0.6) is 0 Å². The van der Waals surface area contributed by atoms with E-state index in [0.29, 0.717) is 55.6 Å². The molecule has 2 heterocycles. The number of aromatic amines is 1. The van der Waals surface area contributed by atoms with Gasteiger partial charge in [-0.2, -0.15) is 0 Å². The molecule has 4 N–H and O–H groups in total. The molecule has 54 heavy (non-hydrogen) atoms. The minimum Gasteiger partial charge on any atom is -0.351 e. The van der Waals surface area contributed by atoms with Crippen LogP contribution in [0.4, 0.5) is 0 Å². The second kappa shape index (κ2) is 17.7. The van der Waals surface area contributed by atoms with Crippen LogP contribution in [0.15, 0.2) is 12.5 Å². The Hall–Kier alpha value is -2.50. The predicted octanol–water partition coefficient (Wildman–Crippen LogP) is 4.93. The maximum absolute atomic E-state index is 14.4. The fourth-order valence-corrected chi connectivity index (χ4v) is 12.5. The monoisotopic (exact) mass is 751 g/mol. The summed E-state index contributed by atoms with van der Waals surface area (Å²) in [5, 5.41) is 3.30. The largest absolute Gasteiger partial charge is 0.351 e. The Morgan fingerprint density at radius 1 is 0.926 bits per heavy atom. The Morgan fingerprint density at radius 3 is 2.33 bits per heavy atom. The SMILES string of the molecule is CN(C)CCCN(CCCN(C)C)C(=O)[C@@H]1C[C@H](NC(=O)CCC2CCC3C4CCC5CCCC[C@]5(C)C4CC[C@]23C)CN1C(=O)C(N)Cc1cnc[nH]1. The number of nitrogens with zero attached hydrogens (tertiary/aromatic N) is 5. The lowest BCUT2D eigenvalue weighted by Crippen LogP contribution is -2.53. The van der Waals surface area contributed by atoms with Gasteiger partial charge in [0.25, 0.3) is 0 Å². The van der Waals surface area contributed by atoms with Gasteiger partial charge in [-0.05, 0) is 159 Å². The van der Waals surface area contributed by atoms with Crippen molar-refractivity contribution in [2.45, 2.75) is 135 Å². The van der Waals surface area contributed by atoms with Gasteiger partial charge >= 0.3 is 0 Å². The van der Waals surface area contributed by atoms with Gasteiger partial charge in [-0.15, -0.1) is 0 Å². The molecule has 0 bridgehead atoms. The number of rotatable bonds is 16. The summed E-state index contributed by atoms with van der Waals surface area (Å²) >= 11 is 0. The van der Waals surface area contributed by atoms with E-state index in [-0.39, 0.29) is 23.8 Å².